The lowest BCUT2D eigenvalue weighted by molar-refractivity contribution is -0.274. The molecule has 4 rings (SSSR count). The Kier molecular flexibility index (Phi) is 6.48. The molecule has 0 bridgehead atoms. The second-order valence-corrected chi connectivity index (χ2v) is 9.07. The average Bonchev–Trinajstić information content (AvgIpc) is 3.07. The summed E-state index contributed by atoms with van der Waals surface area (Å²) >= 11 is 0. The first kappa shape index (κ1) is 23.7. The van der Waals surface area contributed by atoms with Gasteiger partial charge in [0.2, 0.25) is 5.91 Å². The number of nitrogens with zero attached hydrogens (tertiary/aromatic N) is 3. The van der Waals surface area contributed by atoms with Crippen LogP contribution >= 0.6 is 0 Å². The molecule has 3 aliphatic rings. The van der Waals surface area contributed by atoms with Gasteiger partial charge in [0, 0.05) is 43.7 Å². The van der Waals surface area contributed by atoms with Gasteiger partial charge in [-0.15, -0.1) is 13.2 Å². The molecule has 0 aliphatic carbocycles. The number of amides is 2. The largest absolute Gasteiger partial charge is 0.573 e. The number of halogens is 3. The van der Waals surface area contributed by atoms with Gasteiger partial charge in [0.1, 0.15) is 5.75 Å². The molecule has 2 saturated heterocycles. The number of hydrogen-bond acceptors (Lipinski definition) is 5. The first-order valence-electron chi connectivity index (χ1n) is 11.5. The van der Waals surface area contributed by atoms with Gasteiger partial charge in [-0.2, -0.15) is 0 Å². The maximum Gasteiger partial charge on any atom is 0.573 e. The second kappa shape index (κ2) is 9.04. The van der Waals surface area contributed by atoms with E-state index in [0.717, 1.165) is 44.3 Å². The van der Waals surface area contributed by atoms with E-state index in [1.165, 1.54) is 19.1 Å². The van der Waals surface area contributed by atoms with E-state index in [0.29, 0.717) is 38.0 Å². The monoisotopic (exact) mass is 469 g/mol. The van der Waals surface area contributed by atoms with Crippen LogP contribution in [0.25, 0.3) is 0 Å². The highest BCUT2D eigenvalue weighted by Gasteiger charge is 2.47. The van der Waals surface area contributed by atoms with E-state index >= 15 is 0 Å². The Labute approximate surface area is 191 Å². The van der Waals surface area contributed by atoms with Crippen LogP contribution < -0.4 is 9.64 Å². The Morgan fingerprint density at radius 3 is 2.36 bits per heavy atom. The van der Waals surface area contributed by atoms with Gasteiger partial charge >= 0.3 is 12.5 Å². The molecule has 2 fully saturated rings. The summed E-state index contributed by atoms with van der Waals surface area (Å²) in [7, 11) is 0. The lowest BCUT2D eigenvalue weighted by Gasteiger charge is -2.45. The summed E-state index contributed by atoms with van der Waals surface area (Å²) in [6.07, 6.45) is -1.80. The Balaban J connectivity index is 1.45. The van der Waals surface area contributed by atoms with Gasteiger partial charge in [-0.25, -0.2) is 4.79 Å². The smallest absolute Gasteiger partial charge is 0.450 e. The molecule has 10 heteroatoms. The lowest BCUT2D eigenvalue weighted by atomic mass is 9.73. The van der Waals surface area contributed by atoms with E-state index in [2.05, 4.69) is 9.64 Å². The molecule has 1 aromatic carbocycles. The lowest BCUT2D eigenvalue weighted by Crippen LogP contribution is -2.52. The molecule has 2 amide bonds. The summed E-state index contributed by atoms with van der Waals surface area (Å²) in [5, 5.41) is 0. The maximum atomic E-state index is 12.8. The minimum absolute atomic E-state index is 0.119. The maximum absolute atomic E-state index is 12.8. The fraction of sp³-hybridized carbons (Fsp3) is 0.652. The first-order valence-corrected chi connectivity index (χ1v) is 11.5. The molecule has 0 aromatic heterocycles. The molecule has 0 radical (unpaired) electrons. The van der Waals surface area contributed by atoms with Crippen molar-refractivity contribution in [2.75, 3.05) is 44.2 Å². The van der Waals surface area contributed by atoms with Crippen LogP contribution in [-0.2, 0) is 14.9 Å². The molecule has 7 nitrogen and oxygen atoms in total. The standard InChI is InChI=1S/C23H30F3N3O4/c1-3-32-21(31)28-10-6-17(7-11-28)27-12-8-22(9-13-27)15-29(16(2)30)20-5-4-18(14-19(20)22)33-23(24,25)26/h4-5,14,17H,3,6-13,15H2,1-2H3. The second-order valence-electron chi connectivity index (χ2n) is 9.07. The zero-order chi connectivity index (χ0) is 23.8. The van der Waals surface area contributed by atoms with Crippen LogP contribution in [0.15, 0.2) is 18.2 Å². The van der Waals surface area contributed by atoms with Crippen LogP contribution in [0.5, 0.6) is 5.75 Å². The highest BCUT2D eigenvalue weighted by Crippen LogP contribution is 2.49. The quantitative estimate of drug-likeness (QED) is 0.672. The predicted octanol–water partition coefficient (Wildman–Crippen LogP) is 3.91. The van der Waals surface area contributed by atoms with Crippen LogP contribution in [0.2, 0.25) is 0 Å². The van der Waals surface area contributed by atoms with Gasteiger partial charge in [0.25, 0.3) is 0 Å². The highest BCUT2D eigenvalue weighted by molar-refractivity contribution is 5.95. The number of hydrogen-bond donors (Lipinski definition) is 0. The molecular weight excluding hydrogens is 439 g/mol. The molecule has 0 N–H and O–H groups in total. The van der Waals surface area contributed by atoms with Crippen LogP contribution in [0, 0.1) is 0 Å². The van der Waals surface area contributed by atoms with Crippen molar-refractivity contribution in [1.29, 1.82) is 0 Å². The molecule has 1 aromatic rings. The number of likely N-dealkylation sites (tertiary alicyclic amines) is 2. The number of carbonyl (C=O) groups excluding carboxylic acids is 2. The van der Waals surface area contributed by atoms with E-state index in [1.54, 1.807) is 22.8 Å². The van der Waals surface area contributed by atoms with E-state index in [-0.39, 0.29) is 23.2 Å². The summed E-state index contributed by atoms with van der Waals surface area (Å²) in [5.41, 5.74) is 1.05. The van der Waals surface area contributed by atoms with Crippen molar-refractivity contribution in [3.63, 3.8) is 0 Å². The van der Waals surface area contributed by atoms with Crippen LogP contribution in [0.1, 0.15) is 45.1 Å². The molecule has 1 spiro atoms. The Morgan fingerprint density at radius 1 is 1.12 bits per heavy atom. The number of carbonyl (C=O) groups is 2. The third kappa shape index (κ3) is 4.90. The molecule has 33 heavy (non-hydrogen) atoms. The molecule has 3 aliphatic heterocycles. The predicted molar refractivity (Wildman–Crippen MR) is 115 cm³/mol. The van der Waals surface area contributed by atoms with Crippen molar-refractivity contribution < 1.29 is 32.2 Å². The zero-order valence-corrected chi connectivity index (χ0v) is 19.0. The Hall–Kier alpha value is -2.49. The minimum Gasteiger partial charge on any atom is -0.450 e. The van der Waals surface area contributed by atoms with Gasteiger partial charge in [-0.3, -0.25) is 4.79 Å². The average molecular weight is 470 g/mol. The van der Waals surface area contributed by atoms with E-state index in [1.807, 2.05) is 0 Å². The molecule has 0 saturated carbocycles. The van der Waals surface area contributed by atoms with Crippen molar-refractivity contribution >= 4 is 17.7 Å². The number of fused-ring (bicyclic) bond motifs is 2. The van der Waals surface area contributed by atoms with Crippen molar-refractivity contribution in [2.45, 2.75) is 57.3 Å². The van der Waals surface area contributed by atoms with Gasteiger partial charge in [0.15, 0.2) is 0 Å². The molecule has 0 unspecified atom stereocenters. The fourth-order valence-corrected chi connectivity index (χ4v) is 5.50. The van der Waals surface area contributed by atoms with Gasteiger partial charge < -0.3 is 24.2 Å². The number of anilines is 1. The summed E-state index contributed by atoms with van der Waals surface area (Å²) in [5.74, 6) is -0.369. The number of ether oxygens (including phenoxy) is 2. The summed E-state index contributed by atoms with van der Waals surface area (Å²) in [4.78, 5) is 30.0. The molecular formula is C23H30F3N3O4. The first-order chi connectivity index (χ1) is 15.6. The van der Waals surface area contributed by atoms with Crippen LogP contribution in [0.3, 0.4) is 0 Å². The van der Waals surface area contributed by atoms with E-state index in [9.17, 15) is 22.8 Å². The fourth-order valence-electron chi connectivity index (χ4n) is 5.50. The molecule has 0 atom stereocenters. The van der Waals surface area contributed by atoms with Crippen LogP contribution in [0.4, 0.5) is 23.7 Å². The minimum atomic E-state index is -4.76. The van der Waals surface area contributed by atoms with Crippen molar-refractivity contribution in [3.05, 3.63) is 23.8 Å². The van der Waals surface area contributed by atoms with Gasteiger partial charge in [0.05, 0.1) is 6.61 Å². The number of rotatable bonds is 3. The SMILES string of the molecule is CCOC(=O)N1CCC(N2CCC3(CC2)CN(C(C)=O)c2ccc(OC(F)(F)F)cc23)CC1. The Bertz CT molecular complexity index is 891. The van der Waals surface area contributed by atoms with Gasteiger partial charge in [-0.05, 0) is 69.5 Å². The highest BCUT2D eigenvalue weighted by atomic mass is 19.4. The Morgan fingerprint density at radius 2 is 1.79 bits per heavy atom. The summed E-state index contributed by atoms with van der Waals surface area (Å²) in [6, 6.07) is 4.65. The molecule has 182 valence electrons. The van der Waals surface area contributed by atoms with Crippen molar-refractivity contribution in [1.82, 2.24) is 9.80 Å². The molecule has 3 heterocycles. The normalized spacial score (nSPS) is 21.2. The van der Waals surface area contributed by atoms with Gasteiger partial charge in [-0.1, -0.05) is 0 Å². The topological polar surface area (TPSA) is 62.3 Å². The van der Waals surface area contributed by atoms with Crippen molar-refractivity contribution in [2.24, 2.45) is 0 Å². The number of benzene rings is 1. The van der Waals surface area contributed by atoms with E-state index < -0.39 is 6.36 Å². The summed E-state index contributed by atoms with van der Waals surface area (Å²) < 4.78 is 47.6. The van der Waals surface area contributed by atoms with E-state index in [4.69, 9.17) is 4.74 Å². The van der Waals surface area contributed by atoms with Crippen LogP contribution in [-0.4, -0.2) is 73.5 Å². The zero-order valence-electron chi connectivity index (χ0n) is 19.0. The third-order valence-electron chi connectivity index (χ3n) is 7.17. The van der Waals surface area contributed by atoms with Crippen molar-refractivity contribution in [3.8, 4) is 5.75 Å². The summed E-state index contributed by atoms with van der Waals surface area (Å²) in [6.45, 7) is 7.01. The number of alkyl halides is 3. The number of piperidine rings is 2. The third-order valence-corrected chi connectivity index (χ3v) is 7.17.